The van der Waals surface area contributed by atoms with E-state index >= 15 is 0 Å². The number of benzene rings is 4. The molecule has 40 heavy (non-hydrogen) atoms. The predicted octanol–water partition coefficient (Wildman–Crippen LogP) is 7.13. The summed E-state index contributed by atoms with van der Waals surface area (Å²) in [7, 11) is 0. The van der Waals surface area contributed by atoms with Crippen LogP contribution in [0.15, 0.2) is 109 Å². The van der Waals surface area contributed by atoms with Crippen molar-refractivity contribution in [1.82, 2.24) is 0 Å². The standard InChI is InChI=1S/C33H26N2O5/c36-31(23-11-9-22(10-12-23)21-5-2-1-3-6-21)20-40-33(37)25-15-18-30-29(19-25)27-7-4-8-28(27)32(34-30)24-13-16-26(17-14-24)35(38)39/h1-7,9-19,27-28,32,34H,8,20H2. The van der Waals surface area contributed by atoms with Crippen LogP contribution in [-0.2, 0) is 4.74 Å². The highest BCUT2D eigenvalue weighted by Gasteiger charge is 2.38. The van der Waals surface area contributed by atoms with E-state index in [4.69, 9.17) is 4.74 Å². The number of nitro benzene ring substituents is 1. The molecule has 0 fully saturated rings. The van der Waals surface area contributed by atoms with Crippen LogP contribution in [0.1, 0.15) is 50.2 Å². The molecular weight excluding hydrogens is 504 g/mol. The second-order valence-electron chi connectivity index (χ2n) is 10.1. The van der Waals surface area contributed by atoms with Crippen LogP contribution in [0, 0.1) is 16.0 Å². The van der Waals surface area contributed by atoms with Crippen LogP contribution in [-0.4, -0.2) is 23.3 Å². The van der Waals surface area contributed by atoms with E-state index in [1.165, 1.54) is 12.1 Å². The SMILES string of the molecule is O=C(COC(=O)c1ccc2c(c1)C1C=CCC1C(c1ccc([N+](=O)[O-])cc1)N2)c1ccc(-c2ccccc2)cc1. The summed E-state index contributed by atoms with van der Waals surface area (Å²) in [6.07, 6.45) is 5.14. The lowest BCUT2D eigenvalue weighted by Gasteiger charge is -2.37. The first kappa shape index (κ1) is 25.2. The number of carbonyl (C=O) groups excluding carboxylic acids is 2. The fourth-order valence-corrected chi connectivity index (χ4v) is 5.63. The summed E-state index contributed by atoms with van der Waals surface area (Å²) in [6.45, 7) is -0.340. The van der Waals surface area contributed by atoms with Crippen LogP contribution >= 0.6 is 0 Å². The third kappa shape index (κ3) is 4.89. The van der Waals surface area contributed by atoms with Crippen molar-refractivity contribution < 1.29 is 19.2 Å². The number of ether oxygens (including phenoxy) is 1. The molecular formula is C33H26N2O5. The Labute approximate surface area is 231 Å². The second-order valence-corrected chi connectivity index (χ2v) is 10.1. The van der Waals surface area contributed by atoms with Gasteiger partial charge in [-0.05, 0) is 52.8 Å². The molecule has 4 aromatic carbocycles. The van der Waals surface area contributed by atoms with Gasteiger partial charge in [0.15, 0.2) is 12.4 Å². The van der Waals surface area contributed by atoms with E-state index in [1.807, 2.05) is 54.6 Å². The lowest BCUT2D eigenvalue weighted by molar-refractivity contribution is -0.384. The number of allylic oxidation sites excluding steroid dienone is 2. The summed E-state index contributed by atoms with van der Waals surface area (Å²) in [5.41, 5.74) is 5.89. The van der Waals surface area contributed by atoms with E-state index in [-0.39, 0.29) is 36.0 Å². The highest BCUT2D eigenvalue weighted by Crippen LogP contribution is 2.50. The average Bonchev–Trinajstić information content (AvgIpc) is 3.50. The Morgan fingerprint density at radius 3 is 2.30 bits per heavy atom. The van der Waals surface area contributed by atoms with Gasteiger partial charge in [-0.15, -0.1) is 0 Å². The molecule has 0 aromatic heterocycles. The summed E-state index contributed by atoms with van der Waals surface area (Å²) in [5.74, 6) is -0.514. The maximum atomic E-state index is 12.9. The van der Waals surface area contributed by atoms with Crippen molar-refractivity contribution in [3.05, 3.63) is 142 Å². The monoisotopic (exact) mass is 530 g/mol. The number of carbonyl (C=O) groups is 2. The van der Waals surface area contributed by atoms with Crippen molar-refractivity contribution in [2.75, 3.05) is 11.9 Å². The zero-order valence-electron chi connectivity index (χ0n) is 21.5. The number of hydrogen-bond acceptors (Lipinski definition) is 6. The van der Waals surface area contributed by atoms with Crippen LogP contribution in [0.2, 0.25) is 0 Å². The van der Waals surface area contributed by atoms with Gasteiger partial charge in [0.1, 0.15) is 0 Å². The van der Waals surface area contributed by atoms with E-state index in [1.54, 1.807) is 30.3 Å². The number of fused-ring (bicyclic) bond motifs is 3. The van der Waals surface area contributed by atoms with E-state index < -0.39 is 10.9 Å². The molecule has 1 N–H and O–H groups in total. The summed E-state index contributed by atoms with van der Waals surface area (Å²) < 4.78 is 5.40. The van der Waals surface area contributed by atoms with Crippen molar-refractivity contribution >= 4 is 23.1 Å². The minimum Gasteiger partial charge on any atom is -0.454 e. The number of nitrogens with one attached hydrogen (secondary N) is 1. The molecule has 198 valence electrons. The molecule has 3 atom stereocenters. The average molecular weight is 531 g/mol. The van der Waals surface area contributed by atoms with Gasteiger partial charge in [0.25, 0.3) is 5.69 Å². The molecule has 0 radical (unpaired) electrons. The third-order valence-corrected chi connectivity index (χ3v) is 7.71. The number of ketones is 1. The third-order valence-electron chi connectivity index (χ3n) is 7.71. The van der Waals surface area contributed by atoms with Gasteiger partial charge in [-0.2, -0.15) is 0 Å². The molecule has 6 rings (SSSR count). The summed E-state index contributed by atoms with van der Waals surface area (Å²) in [6, 6.07) is 29.2. The first-order valence-electron chi connectivity index (χ1n) is 13.2. The van der Waals surface area contributed by atoms with Gasteiger partial charge in [-0.1, -0.05) is 78.9 Å². The van der Waals surface area contributed by atoms with Gasteiger partial charge in [-0.3, -0.25) is 14.9 Å². The first-order valence-corrected chi connectivity index (χ1v) is 13.2. The summed E-state index contributed by atoms with van der Waals surface area (Å²) >= 11 is 0. The van der Waals surface area contributed by atoms with Crippen LogP contribution < -0.4 is 5.32 Å². The number of Topliss-reactive ketones (excluding diaryl/α,β-unsaturated/α-hetero) is 1. The molecule has 0 saturated heterocycles. The Bertz CT molecular complexity index is 1610. The van der Waals surface area contributed by atoms with Crippen molar-refractivity contribution in [2.24, 2.45) is 5.92 Å². The van der Waals surface area contributed by atoms with Gasteiger partial charge >= 0.3 is 5.97 Å². The molecule has 1 aliphatic heterocycles. The predicted molar refractivity (Wildman–Crippen MR) is 152 cm³/mol. The van der Waals surface area contributed by atoms with Gasteiger partial charge in [0.05, 0.1) is 16.5 Å². The number of rotatable bonds is 7. The molecule has 7 nitrogen and oxygen atoms in total. The van der Waals surface area contributed by atoms with Crippen molar-refractivity contribution in [1.29, 1.82) is 0 Å². The summed E-state index contributed by atoms with van der Waals surface area (Å²) in [5, 5.41) is 14.6. The van der Waals surface area contributed by atoms with Crippen LogP contribution in [0.4, 0.5) is 11.4 Å². The maximum absolute atomic E-state index is 12.9. The molecule has 3 unspecified atom stereocenters. The lowest BCUT2D eigenvalue weighted by atomic mass is 9.76. The normalized spacial score (nSPS) is 18.8. The number of nitrogens with zero attached hydrogens (tertiary/aromatic N) is 1. The lowest BCUT2D eigenvalue weighted by Crippen LogP contribution is -2.29. The molecule has 7 heteroatoms. The number of non-ortho nitro benzene ring substituents is 1. The second kappa shape index (κ2) is 10.6. The van der Waals surface area contributed by atoms with Crippen molar-refractivity contribution in [3.8, 4) is 11.1 Å². The zero-order valence-corrected chi connectivity index (χ0v) is 21.5. The maximum Gasteiger partial charge on any atom is 0.338 e. The van der Waals surface area contributed by atoms with Crippen molar-refractivity contribution in [3.63, 3.8) is 0 Å². The molecule has 0 amide bonds. The quantitative estimate of drug-likeness (QED) is 0.0897. The fraction of sp³-hybridized carbons (Fsp3) is 0.152. The zero-order chi connectivity index (χ0) is 27.6. The Morgan fingerprint density at radius 2 is 1.57 bits per heavy atom. The number of esters is 1. The molecule has 0 spiro atoms. The van der Waals surface area contributed by atoms with E-state index in [0.29, 0.717) is 11.1 Å². The van der Waals surface area contributed by atoms with Gasteiger partial charge < -0.3 is 10.1 Å². The van der Waals surface area contributed by atoms with Crippen molar-refractivity contribution in [2.45, 2.75) is 18.4 Å². The first-order chi connectivity index (χ1) is 19.5. The smallest absolute Gasteiger partial charge is 0.338 e. The molecule has 4 aromatic rings. The minimum atomic E-state index is -0.548. The molecule has 1 aliphatic carbocycles. The highest BCUT2D eigenvalue weighted by atomic mass is 16.6. The van der Waals surface area contributed by atoms with E-state index in [9.17, 15) is 19.7 Å². The Morgan fingerprint density at radius 1 is 0.875 bits per heavy atom. The van der Waals surface area contributed by atoms with Gasteiger partial charge in [0, 0.05) is 29.3 Å². The topological polar surface area (TPSA) is 98.5 Å². The Kier molecular flexibility index (Phi) is 6.70. The number of hydrogen-bond donors (Lipinski definition) is 1. The Balaban J connectivity index is 1.14. The van der Waals surface area contributed by atoms with Crippen LogP contribution in [0.5, 0.6) is 0 Å². The van der Waals surface area contributed by atoms with E-state index in [2.05, 4.69) is 17.5 Å². The van der Waals surface area contributed by atoms with Crippen LogP contribution in [0.25, 0.3) is 11.1 Å². The van der Waals surface area contributed by atoms with E-state index in [0.717, 1.165) is 34.4 Å². The fourth-order valence-electron chi connectivity index (χ4n) is 5.63. The molecule has 2 aliphatic rings. The number of nitro groups is 1. The van der Waals surface area contributed by atoms with Gasteiger partial charge in [-0.25, -0.2) is 4.79 Å². The molecule has 1 heterocycles. The summed E-state index contributed by atoms with van der Waals surface area (Å²) in [4.78, 5) is 36.3. The molecule has 0 bridgehead atoms. The Hall–Kier alpha value is -5.04. The largest absolute Gasteiger partial charge is 0.454 e. The minimum absolute atomic E-state index is 0.0167. The molecule has 0 saturated carbocycles. The highest BCUT2D eigenvalue weighted by molar-refractivity contribution is 5.99. The van der Waals surface area contributed by atoms with Crippen LogP contribution in [0.3, 0.4) is 0 Å². The van der Waals surface area contributed by atoms with Gasteiger partial charge in [0.2, 0.25) is 0 Å². The number of anilines is 1.